The van der Waals surface area contributed by atoms with Crippen LogP contribution in [0.3, 0.4) is 0 Å². The molecule has 0 aliphatic heterocycles. The molecular weight excluding hydrogens is 333 g/mol. The first-order valence-corrected chi connectivity index (χ1v) is 8.11. The lowest BCUT2D eigenvalue weighted by atomic mass is 10.1. The number of hydrogen-bond acceptors (Lipinski definition) is 4. The van der Waals surface area contributed by atoms with Crippen molar-refractivity contribution in [2.45, 2.75) is 19.3 Å². The lowest BCUT2D eigenvalue weighted by Crippen LogP contribution is -2.12. The number of benzene rings is 2. The Bertz CT molecular complexity index is 942. The molecule has 1 amide bonds. The van der Waals surface area contributed by atoms with Gasteiger partial charge in [-0.3, -0.25) is 4.79 Å². The van der Waals surface area contributed by atoms with Crippen molar-refractivity contribution in [1.29, 1.82) is 5.26 Å². The fourth-order valence-electron chi connectivity index (χ4n) is 2.45. The molecule has 0 unspecified atom stereocenters. The molecule has 26 heavy (non-hydrogen) atoms. The summed E-state index contributed by atoms with van der Waals surface area (Å²) >= 11 is 0. The molecule has 1 N–H and O–H groups in total. The molecule has 2 aromatic carbocycles. The van der Waals surface area contributed by atoms with E-state index in [0.717, 1.165) is 5.56 Å². The predicted octanol–water partition coefficient (Wildman–Crippen LogP) is 4.12. The number of hydrogen-bond donors (Lipinski definition) is 1. The van der Waals surface area contributed by atoms with Crippen molar-refractivity contribution in [2.75, 3.05) is 5.32 Å². The van der Waals surface area contributed by atoms with Crippen LogP contribution in [-0.4, -0.2) is 10.9 Å². The van der Waals surface area contributed by atoms with Crippen LogP contribution >= 0.6 is 0 Å². The molecule has 0 fully saturated rings. The molecule has 3 aromatic rings. The Hall–Kier alpha value is -3.46. The second-order valence-corrected chi connectivity index (χ2v) is 5.68. The highest BCUT2D eigenvalue weighted by molar-refractivity contribution is 5.90. The predicted molar refractivity (Wildman–Crippen MR) is 94.6 cm³/mol. The second kappa shape index (κ2) is 8.08. The van der Waals surface area contributed by atoms with Crippen LogP contribution in [0.25, 0.3) is 11.3 Å². The van der Waals surface area contributed by atoms with E-state index in [1.165, 1.54) is 12.3 Å². The van der Waals surface area contributed by atoms with E-state index in [1.54, 1.807) is 42.5 Å². The van der Waals surface area contributed by atoms with Gasteiger partial charge in [0.1, 0.15) is 5.82 Å². The minimum Gasteiger partial charge on any atom is -0.441 e. The highest BCUT2D eigenvalue weighted by atomic mass is 19.1. The summed E-state index contributed by atoms with van der Waals surface area (Å²) in [6, 6.07) is 15.5. The van der Waals surface area contributed by atoms with Crippen molar-refractivity contribution in [3.8, 4) is 17.4 Å². The first-order valence-electron chi connectivity index (χ1n) is 8.11. The van der Waals surface area contributed by atoms with E-state index in [2.05, 4.69) is 16.4 Å². The van der Waals surface area contributed by atoms with Crippen molar-refractivity contribution in [1.82, 2.24) is 4.98 Å². The first kappa shape index (κ1) is 17.4. The maximum Gasteiger partial charge on any atom is 0.224 e. The minimum atomic E-state index is -0.382. The quantitative estimate of drug-likeness (QED) is 0.726. The van der Waals surface area contributed by atoms with Gasteiger partial charge in [-0.1, -0.05) is 24.3 Å². The Morgan fingerprint density at radius 3 is 2.69 bits per heavy atom. The molecule has 1 heterocycles. The fraction of sp³-hybridized carbons (Fsp3) is 0.150. The lowest BCUT2D eigenvalue weighted by molar-refractivity contribution is -0.116. The van der Waals surface area contributed by atoms with Gasteiger partial charge in [0.2, 0.25) is 5.91 Å². The molecule has 0 spiro atoms. The van der Waals surface area contributed by atoms with Gasteiger partial charge in [-0.25, -0.2) is 9.37 Å². The van der Waals surface area contributed by atoms with Gasteiger partial charge in [0.15, 0.2) is 11.7 Å². The highest BCUT2D eigenvalue weighted by Gasteiger charge is 2.12. The maximum atomic E-state index is 13.7. The molecule has 0 atom stereocenters. The lowest BCUT2D eigenvalue weighted by Gasteiger charge is -2.05. The Kier molecular flexibility index (Phi) is 5.40. The van der Waals surface area contributed by atoms with E-state index in [-0.39, 0.29) is 18.1 Å². The number of aryl methyl sites for hydroxylation is 1. The molecule has 3 rings (SSSR count). The van der Waals surface area contributed by atoms with Crippen LogP contribution in [0, 0.1) is 17.1 Å². The Morgan fingerprint density at radius 2 is 1.96 bits per heavy atom. The summed E-state index contributed by atoms with van der Waals surface area (Å²) in [5, 5.41) is 11.4. The minimum absolute atomic E-state index is 0.177. The third kappa shape index (κ3) is 4.33. The van der Waals surface area contributed by atoms with Gasteiger partial charge in [-0.05, 0) is 29.8 Å². The standard InChI is InChI=1S/C20H16FN3O2/c21-17-4-2-1-3-16(17)18-13-23-20(26-18)10-9-19(25)24-15-7-5-14(6-8-15)11-12-22/h1-8,13H,9-11H2,(H,24,25). The zero-order valence-corrected chi connectivity index (χ0v) is 13.9. The molecule has 6 heteroatoms. The topological polar surface area (TPSA) is 78.9 Å². The van der Waals surface area contributed by atoms with E-state index in [0.29, 0.717) is 35.7 Å². The molecule has 0 saturated carbocycles. The van der Waals surface area contributed by atoms with Crippen molar-refractivity contribution >= 4 is 11.6 Å². The molecular formula is C20H16FN3O2. The van der Waals surface area contributed by atoms with Crippen LogP contribution in [0.5, 0.6) is 0 Å². The number of carbonyl (C=O) groups excluding carboxylic acids is 1. The fourth-order valence-corrected chi connectivity index (χ4v) is 2.45. The summed E-state index contributed by atoms with van der Waals surface area (Å²) in [5.41, 5.74) is 1.90. The number of carbonyl (C=O) groups is 1. The summed E-state index contributed by atoms with van der Waals surface area (Å²) in [4.78, 5) is 16.1. The number of nitrogens with zero attached hydrogens (tertiary/aromatic N) is 2. The van der Waals surface area contributed by atoms with Crippen LogP contribution in [0.4, 0.5) is 10.1 Å². The molecule has 0 saturated heterocycles. The zero-order chi connectivity index (χ0) is 18.4. The second-order valence-electron chi connectivity index (χ2n) is 5.68. The smallest absolute Gasteiger partial charge is 0.224 e. The van der Waals surface area contributed by atoms with Crippen LogP contribution in [-0.2, 0) is 17.6 Å². The number of oxazole rings is 1. The van der Waals surface area contributed by atoms with Gasteiger partial charge in [0.05, 0.1) is 24.3 Å². The van der Waals surface area contributed by atoms with Gasteiger partial charge in [0.25, 0.3) is 0 Å². The summed E-state index contributed by atoms with van der Waals surface area (Å²) in [6.45, 7) is 0. The Morgan fingerprint density at radius 1 is 1.19 bits per heavy atom. The van der Waals surface area contributed by atoms with Gasteiger partial charge >= 0.3 is 0 Å². The van der Waals surface area contributed by atoms with Crippen LogP contribution in [0.2, 0.25) is 0 Å². The van der Waals surface area contributed by atoms with Crippen molar-refractivity contribution in [2.24, 2.45) is 0 Å². The van der Waals surface area contributed by atoms with Crippen molar-refractivity contribution in [3.63, 3.8) is 0 Å². The van der Waals surface area contributed by atoms with Gasteiger partial charge in [-0.2, -0.15) is 5.26 Å². The first-order chi connectivity index (χ1) is 12.7. The number of amides is 1. The molecule has 1 aromatic heterocycles. The number of nitrogens with one attached hydrogen (secondary N) is 1. The molecule has 130 valence electrons. The van der Waals surface area contributed by atoms with Gasteiger partial charge in [0, 0.05) is 18.5 Å². The third-order valence-corrected chi connectivity index (χ3v) is 3.78. The zero-order valence-electron chi connectivity index (χ0n) is 13.9. The average molecular weight is 349 g/mol. The van der Waals surface area contributed by atoms with Gasteiger partial charge < -0.3 is 9.73 Å². The Labute approximate surface area is 150 Å². The molecule has 0 radical (unpaired) electrons. The third-order valence-electron chi connectivity index (χ3n) is 3.78. The monoisotopic (exact) mass is 349 g/mol. The SMILES string of the molecule is N#CCc1ccc(NC(=O)CCc2ncc(-c3ccccc3F)o2)cc1. The summed E-state index contributed by atoms with van der Waals surface area (Å²) < 4.78 is 19.3. The van der Waals surface area contributed by atoms with Crippen LogP contribution in [0.15, 0.2) is 59.1 Å². The summed E-state index contributed by atoms with van der Waals surface area (Å²) in [6.07, 6.45) is 2.30. The van der Waals surface area contributed by atoms with E-state index >= 15 is 0 Å². The van der Waals surface area contributed by atoms with Crippen LogP contribution < -0.4 is 5.32 Å². The normalized spacial score (nSPS) is 10.3. The van der Waals surface area contributed by atoms with Crippen LogP contribution in [0.1, 0.15) is 17.9 Å². The molecule has 0 aliphatic carbocycles. The summed E-state index contributed by atoms with van der Waals surface area (Å²) in [5.74, 6) is 0.158. The van der Waals surface area contributed by atoms with E-state index in [1.807, 2.05) is 0 Å². The van der Waals surface area contributed by atoms with Gasteiger partial charge in [-0.15, -0.1) is 0 Å². The van der Waals surface area contributed by atoms with Crippen molar-refractivity contribution < 1.29 is 13.6 Å². The summed E-state index contributed by atoms with van der Waals surface area (Å²) in [7, 11) is 0. The molecule has 0 bridgehead atoms. The largest absolute Gasteiger partial charge is 0.441 e. The van der Waals surface area contributed by atoms with E-state index in [4.69, 9.17) is 9.68 Å². The van der Waals surface area contributed by atoms with E-state index in [9.17, 15) is 9.18 Å². The number of anilines is 1. The Balaban J connectivity index is 1.55. The van der Waals surface area contributed by atoms with Crippen molar-refractivity contribution in [3.05, 3.63) is 72.0 Å². The number of nitriles is 1. The average Bonchev–Trinajstić information content (AvgIpc) is 3.11. The maximum absolute atomic E-state index is 13.7. The highest BCUT2D eigenvalue weighted by Crippen LogP contribution is 2.23. The number of aromatic nitrogens is 1. The molecule has 5 nitrogen and oxygen atoms in total. The number of rotatable bonds is 6. The van der Waals surface area contributed by atoms with E-state index < -0.39 is 0 Å². The number of halogens is 1. The molecule has 0 aliphatic rings.